The Morgan fingerprint density at radius 3 is 2.53 bits per heavy atom. The third-order valence-electron chi connectivity index (χ3n) is 5.66. The van der Waals surface area contributed by atoms with E-state index in [9.17, 15) is 13.2 Å². The monoisotopic (exact) mass is 480 g/mol. The van der Waals surface area contributed by atoms with Crippen LogP contribution in [0.2, 0.25) is 5.02 Å². The molecule has 172 valence electrons. The van der Waals surface area contributed by atoms with Crippen LogP contribution in [0.3, 0.4) is 0 Å². The fourth-order valence-electron chi connectivity index (χ4n) is 3.97. The summed E-state index contributed by atoms with van der Waals surface area (Å²) in [6, 6.07) is 10.7. The summed E-state index contributed by atoms with van der Waals surface area (Å²) in [4.78, 5) is 14.7. The van der Waals surface area contributed by atoms with E-state index in [0.717, 1.165) is 12.8 Å². The van der Waals surface area contributed by atoms with Crippen molar-refractivity contribution in [2.24, 2.45) is 5.92 Å². The van der Waals surface area contributed by atoms with Crippen molar-refractivity contribution in [2.45, 2.75) is 24.0 Å². The third kappa shape index (κ3) is 5.01. The zero-order valence-electron chi connectivity index (χ0n) is 17.6. The zero-order chi connectivity index (χ0) is 22.7. The van der Waals surface area contributed by atoms with Gasteiger partial charge in [0, 0.05) is 29.6 Å². The average molecular weight is 481 g/mol. The van der Waals surface area contributed by atoms with Crippen molar-refractivity contribution in [3.8, 4) is 5.75 Å². The molecule has 0 aromatic heterocycles. The molecule has 0 bridgehead atoms. The van der Waals surface area contributed by atoms with Crippen LogP contribution in [0.4, 0.5) is 5.69 Å². The van der Waals surface area contributed by atoms with Gasteiger partial charge in [0.15, 0.2) is 6.29 Å². The van der Waals surface area contributed by atoms with Crippen molar-refractivity contribution in [2.75, 3.05) is 38.1 Å². The molecular formula is C22H25ClN2O6S. The lowest BCUT2D eigenvalue weighted by Crippen LogP contribution is -2.41. The van der Waals surface area contributed by atoms with Gasteiger partial charge < -0.3 is 19.1 Å². The van der Waals surface area contributed by atoms with Gasteiger partial charge in [-0.25, -0.2) is 8.42 Å². The number of hydrogen-bond donors (Lipinski definition) is 1. The number of benzene rings is 2. The Labute approximate surface area is 192 Å². The van der Waals surface area contributed by atoms with Gasteiger partial charge in [-0.3, -0.25) is 9.52 Å². The maximum absolute atomic E-state index is 13.0. The molecule has 0 radical (unpaired) electrons. The average Bonchev–Trinajstić information content (AvgIpc) is 3.34. The Hall–Kier alpha value is -2.33. The van der Waals surface area contributed by atoms with Gasteiger partial charge in [-0.15, -0.1) is 0 Å². The van der Waals surface area contributed by atoms with Crippen LogP contribution in [0.15, 0.2) is 47.4 Å². The first-order valence-electron chi connectivity index (χ1n) is 10.4. The molecule has 0 aliphatic carbocycles. The number of carbonyl (C=O) groups excluding carboxylic acids is 1. The van der Waals surface area contributed by atoms with Crippen molar-refractivity contribution in [1.82, 2.24) is 4.90 Å². The largest absolute Gasteiger partial charge is 0.495 e. The number of amides is 1. The van der Waals surface area contributed by atoms with Gasteiger partial charge in [0.05, 0.1) is 30.9 Å². The van der Waals surface area contributed by atoms with Gasteiger partial charge in [-0.05, 0) is 49.2 Å². The van der Waals surface area contributed by atoms with Crippen molar-refractivity contribution < 1.29 is 27.4 Å². The van der Waals surface area contributed by atoms with Crippen LogP contribution in [0.1, 0.15) is 23.2 Å². The number of hydrogen-bond acceptors (Lipinski definition) is 6. The minimum absolute atomic E-state index is 0.0204. The molecule has 32 heavy (non-hydrogen) atoms. The number of nitrogens with zero attached hydrogens (tertiary/aromatic N) is 1. The molecule has 2 heterocycles. The quantitative estimate of drug-likeness (QED) is 0.681. The molecule has 10 heteroatoms. The first-order valence-corrected chi connectivity index (χ1v) is 12.2. The Morgan fingerprint density at radius 1 is 1.12 bits per heavy atom. The maximum atomic E-state index is 13.0. The Morgan fingerprint density at radius 2 is 1.84 bits per heavy atom. The molecule has 0 saturated carbocycles. The SMILES string of the molecule is COc1ccc(Cl)cc1NS(=O)(=O)c1cccc(C(=O)N2CCC(C3OCCO3)CC2)c1. The van der Waals surface area contributed by atoms with E-state index in [1.165, 1.54) is 25.3 Å². The van der Waals surface area contributed by atoms with Crippen molar-refractivity contribution in [3.63, 3.8) is 0 Å². The summed E-state index contributed by atoms with van der Waals surface area (Å²) in [6.07, 6.45) is 1.38. The van der Waals surface area contributed by atoms with E-state index in [0.29, 0.717) is 42.6 Å². The topological polar surface area (TPSA) is 94.2 Å². The number of ether oxygens (including phenoxy) is 3. The van der Waals surface area contributed by atoms with Crippen LogP contribution in [0.25, 0.3) is 0 Å². The predicted octanol–water partition coefficient (Wildman–Crippen LogP) is 3.37. The van der Waals surface area contributed by atoms with Crippen LogP contribution >= 0.6 is 11.6 Å². The lowest BCUT2D eigenvalue weighted by molar-refractivity contribution is -0.0956. The first kappa shape index (κ1) is 22.8. The third-order valence-corrected chi connectivity index (χ3v) is 7.25. The highest BCUT2D eigenvalue weighted by Gasteiger charge is 2.32. The number of sulfonamides is 1. The number of carbonyl (C=O) groups is 1. The molecular weight excluding hydrogens is 456 g/mol. The molecule has 2 aliphatic heterocycles. The Balaban J connectivity index is 1.47. The lowest BCUT2D eigenvalue weighted by atomic mass is 9.95. The summed E-state index contributed by atoms with van der Waals surface area (Å²) in [5.41, 5.74) is 0.535. The van der Waals surface area contributed by atoms with E-state index in [2.05, 4.69) is 4.72 Å². The highest BCUT2D eigenvalue weighted by Crippen LogP contribution is 2.30. The summed E-state index contributed by atoms with van der Waals surface area (Å²) in [5, 5.41) is 0.365. The van der Waals surface area contributed by atoms with E-state index < -0.39 is 10.0 Å². The summed E-state index contributed by atoms with van der Waals surface area (Å²) in [5.74, 6) is 0.405. The number of piperidine rings is 1. The van der Waals surface area contributed by atoms with Gasteiger partial charge in [-0.2, -0.15) is 0 Å². The number of halogens is 1. The zero-order valence-corrected chi connectivity index (χ0v) is 19.2. The Kier molecular flexibility index (Phi) is 6.90. The highest BCUT2D eigenvalue weighted by atomic mass is 35.5. The lowest BCUT2D eigenvalue weighted by Gasteiger charge is -2.34. The van der Waals surface area contributed by atoms with Crippen LogP contribution in [0, 0.1) is 5.92 Å². The summed E-state index contributed by atoms with van der Waals surface area (Å²) >= 11 is 6.00. The number of nitrogens with one attached hydrogen (secondary N) is 1. The molecule has 0 spiro atoms. The predicted molar refractivity (Wildman–Crippen MR) is 120 cm³/mol. The van der Waals surface area contributed by atoms with E-state index in [4.69, 9.17) is 25.8 Å². The number of likely N-dealkylation sites (tertiary alicyclic amines) is 1. The molecule has 0 atom stereocenters. The molecule has 4 rings (SSSR count). The minimum atomic E-state index is -3.96. The number of methoxy groups -OCH3 is 1. The van der Waals surface area contributed by atoms with Crippen LogP contribution in [-0.4, -0.2) is 58.9 Å². The van der Waals surface area contributed by atoms with Crippen LogP contribution in [0.5, 0.6) is 5.75 Å². The van der Waals surface area contributed by atoms with E-state index in [-0.39, 0.29) is 28.7 Å². The summed E-state index contributed by atoms with van der Waals surface area (Å²) in [7, 11) is -2.52. The van der Waals surface area contributed by atoms with E-state index in [1.54, 1.807) is 29.2 Å². The smallest absolute Gasteiger partial charge is 0.262 e. The van der Waals surface area contributed by atoms with Crippen LogP contribution in [-0.2, 0) is 19.5 Å². The maximum Gasteiger partial charge on any atom is 0.262 e. The van der Waals surface area contributed by atoms with Gasteiger partial charge in [-0.1, -0.05) is 17.7 Å². The fourth-order valence-corrected chi connectivity index (χ4v) is 5.24. The molecule has 2 saturated heterocycles. The van der Waals surface area contributed by atoms with E-state index in [1.807, 2.05) is 0 Å². The van der Waals surface area contributed by atoms with Gasteiger partial charge in [0.25, 0.3) is 15.9 Å². The molecule has 0 unspecified atom stereocenters. The van der Waals surface area contributed by atoms with E-state index >= 15 is 0 Å². The second kappa shape index (κ2) is 9.66. The first-order chi connectivity index (χ1) is 15.4. The van der Waals surface area contributed by atoms with Crippen molar-refractivity contribution >= 4 is 33.2 Å². The second-order valence-corrected chi connectivity index (χ2v) is 9.84. The molecule has 2 aromatic rings. The molecule has 2 fully saturated rings. The Bertz CT molecular complexity index is 1080. The van der Waals surface area contributed by atoms with Crippen LogP contribution < -0.4 is 9.46 Å². The normalized spacial score (nSPS) is 18.0. The molecule has 8 nitrogen and oxygen atoms in total. The standard InChI is InChI=1S/C22H25ClN2O6S/c1-29-20-6-5-17(23)14-19(20)24-32(27,28)18-4-2-3-16(13-18)21(26)25-9-7-15(8-10-25)22-30-11-12-31-22/h2-6,13-15,22,24H,7-12H2,1H3. The van der Waals surface area contributed by atoms with Gasteiger partial charge in [0.1, 0.15) is 5.75 Å². The molecule has 1 amide bonds. The molecule has 1 N–H and O–H groups in total. The number of rotatable bonds is 6. The molecule has 2 aromatic carbocycles. The van der Waals surface area contributed by atoms with Crippen molar-refractivity contribution in [3.05, 3.63) is 53.1 Å². The summed E-state index contributed by atoms with van der Waals surface area (Å²) in [6.45, 7) is 2.36. The van der Waals surface area contributed by atoms with Gasteiger partial charge in [0.2, 0.25) is 0 Å². The minimum Gasteiger partial charge on any atom is -0.495 e. The summed E-state index contributed by atoms with van der Waals surface area (Å²) < 4.78 is 44.8. The second-order valence-electron chi connectivity index (χ2n) is 7.72. The number of anilines is 1. The fraction of sp³-hybridized carbons (Fsp3) is 0.409. The molecule has 2 aliphatic rings. The van der Waals surface area contributed by atoms with Crippen molar-refractivity contribution in [1.29, 1.82) is 0 Å². The van der Waals surface area contributed by atoms with Gasteiger partial charge >= 0.3 is 0 Å². The highest BCUT2D eigenvalue weighted by molar-refractivity contribution is 7.92.